The van der Waals surface area contributed by atoms with Crippen LogP contribution >= 0.6 is 11.6 Å². The highest BCUT2D eigenvalue weighted by molar-refractivity contribution is 6.32. The lowest BCUT2D eigenvalue weighted by Crippen LogP contribution is -3.00. The van der Waals surface area contributed by atoms with Crippen molar-refractivity contribution in [3.05, 3.63) is 22.7 Å². The van der Waals surface area contributed by atoms with E-state index in [1.165, 1.54) is 0 Å². The van der Waals surface area contributed by atoms with Gasteiger partial charge >= 0.3 is 0 Å². The molecule has 1 fully saturated rings. The largest absolute Gasteiger partial charge is 1.00 e. The van der Waals surface area contributed by atoms with Gasteiger partial charge in [0.05, 0.1) is 17.7 Å². The predicted molar refractivity (Wildman–Crippen MR) is 88.0 cm³/mol. The summed E-state index contributed by atoms with van der Waals surface area (Å²) in [4.78, 5) is 10.9. The molecule has 0 radical (unpaired) electrons. The van der Waals surface area contributed by atoms with Crippen molar-refractivity contribution < 1.29 is 31.4 Å². The number of hydrogen-bond donors (Lipinski definition) is 2. The Labute approximate surface area is 153 Å². The van der Waals surface area contributed by atoms with E-state index < -0.39 is 5.91 Å². The molecule has 1 aliphatic heterocycles. The van der Waals surface area contributed by atoms with E-state index in [9.17, 15) is 4.79 Å². The average Bonchev–Trinajstić information content (AvgIpc) is 3.00. The number of nitrogens with two attached hydrogens (primary N) is 1. The van der Waals surface area contributed by atoms with Crippen LogP contribution in [0.3, 0.4) is 0 Å². The number of hydrogen-bond acceptors (Lipinski definition) is 5. The van der Waals surface area contributed by atoms with Crippen LogP contribution in [0.5, 0.6) is 11.5 Å². The Morgan fingerprint density at radius 2 is 2.25 bits per heavy atom. The first kappa shape index (κ1) is 20.8. The summed E-state index contributed by atoms with van der Waals surface area (Å²) < 4.78 is 16.5. The Bertz CT molecular complexity index is 537. The molecule has 1 heterocycles. The summed E-state index contributed by atoms with van der Waals surface area (Å²) in [5.74, 6) is 0.288. The number of primary amides is 1. The number of amides is 1. The van der Waals surface area contributed by atoms with Crippen molar-refractivity contribution in [3.63, 3.8) is 0 Å². The van der Waals surface area contributed by atoms with Crippen LogP contribution in [-0.2, 0) is 16.1 Å². The number of benzene rings is 1. The zero-order chi connectivity index (χ0) is 16.7. The van der Waals surface area contributed by atoms with E-state index >= 15 is 0 Å². The zero-order valence-electron chi connectivity index (χ0n) is 13.6. The number of halogens is 2. The second kappa shape index (κ2) is 10.6. The normalized spacial score (nSPS) is 16.5. The fourth-order valence-electron chi connectivity index (χ4n) is 2.45. The van der Waals surface area contributed by atoms with Gasteiger partial charge in [0.25, 0.3) is 5.91 Å². The topological polar surface area (TPSA) is 82.8 Å². The van der Waals surface area contributed by atoms with Crippen molar-refractivity contribution in [1.82, 2.24) is 5.32 Å². The van der Waals surface area contributed by atoms with E-state index in [0.29, 0.717) is 29.7 Å². The molecule has 8 heteroatoms. The van der Waals surface area contributed by atoms with E-state index in [1.54, 1.807) is 6.07 Å². The van der Waals surface area contributed by atoms with E-state index in [1.807, 2.05) is 13.0 Å². The molecule has 0 aromatic heterocycles. The number of rotatable bonds is 9. The van der Waals surface area contributed by atoms with Gasteiger partial charge in [-0.05, 0) is 37.5 Å². The van der Waals surface area contributed by atoms with Gasteiger partial charge in [0.2, 0.25) is 0 Å². The SMILES string of the molecule is CCOc1cc(CNCC2CCCO2)cc(Cl)c1OCC(N)=O.[Cl-]. The summed E-state index contributed by atoms with van der Waals surface area (Å²) in [7, 11) is 0. The van der Waals surface area contributed by atoms with Crippen LogP contribution in [-0.4, -0.2) is 38.4 Å². The number of ether oxygens (including phenoxy) is 3. The second-order valence-electron chi connectivity index (χ2n) is 5.36. The van der Waals surface area contributed by atoms with Crippen molar-refractivity contribution in [2.45, 2.75) is 32.4 Å². The molecular weight excluding hydrogens is 355 g/mol. The molecule has 0 saturated carbocycles. The first-order valence-corrected chi connectivity index (χ1v) is 8.16. The number of carbonyl (C=O) groups is 1. The molecule has 1 aliphatic rings. The van der Waals surface area contributed by atoms with E-state index in [2.05, 4.69) is 5.32 Å². The molecule has 1 atom stereocenters. The maximum Gasteiger partial charge on any atom is 0.255 e. The van der Waals surface area contributed by atoms with Gasteiger partial charge in [0, 0.05) is 19.7 Å². The fraction of sp³-hybridized carbons (Fsp3) is 0.562. The van der Waals surface area contributed by atoms with Crippen LogP contribution in [0.25, 0.3) is 0 Å². The summed E-state index contributed by atoms with van der Waals surface area (Å²) in [5, 5.41) is 3.75. The molecule has 1 aromatic rings. The van der Waals surface area contributed by atoms with E-state index in [0.717, 1.165) is 31.6 Å². The first-order chi connectivity index (χ1) is 11.1. The van der Waals surface area contributed by atoms with Gasteiger partial charge < -0.3 is 37.7 Å². The van der Waals surface area contributed by atoms with Gasteiger partial charge in [-0.3, -0.25) is 4.79 Å². The lowest BCUT2D eigenvalue weighted by Gasteiger charge is -2.15. The van der Waals surface area contributed by atoms with Gasteiger partial charge in [0.1, 0.15) is 0 Å². The van der Waals surface area contributed by atoms with Gasteiger partial charge in [-0.1, -0.05) is 11.6 Å². The highest BCUT2D eigenvalue weighted by atomic mass is 35.5. The van der Waals surface area contributed by atoms with Crippen LogP contribution in [0.4, 0.5) is 0 Å². The highest BCUT2D eigenvalue weighted by Crippen LogP contribution is 2.36. The molecule has 3 N–H and O–H groups in total. The second-order valence-corrected chi connectivity index (χ2v) is 5.77. The quantitative estimate of drug-likeness (QED) is 0.569. The van der Waals surface area contributed by atoms with E-state index in [-0.39, 0.29) is 25.1 Å². The molecule has 1 saturated heterocycles. The summed E-state index contributed by atoms with van der Waals surface area (Å²) >= 11 is 6.25. The Morgan fingerprint density at radius 3 is 2.88 bits per heavy atom. The fourth-order valence-corrected chi connectivity index (χ4v) is 2.74. The van der Waals surface area contributed by atoms with Crippen molar-refractivity contribution in [2.75, 3.05) is 26.4 Å². The van der Waals surface area contributed by atoms with Crippen LogP contribution in [0, 0.1) is 0 Å². The van der Waals surface area contributed by atoms with E-state index in [4.69, 9.17) is 31.5 Å². The van der Waals surface area contributed by atoms with Crippen molar-refractivity contribution in [1.29, 1.82) is 0 Å². The van der Waals surface area contributed by atoms with Crippen molar-refractivity contribution in [2.24, 2.45) is 5.73 Å². The Hall–Kier alpha value is -1.21. The summed E-state index contributed by atoms with van der Waals surface area (Å²) in [6, 6.07) is 3.65. The Kier molecular flexibility index (Phi) is 9.21. The van der Waals surface area contributed by atoms with Crippen LogP contribution in [0.15, 0.2) is 12.1 Å². The molecule has 6 nitrogen and oxygen atoms in total. The predicted octanol–water partition coefficient (Wildman–Crippen LogP) is -1.12. The smallest absolute Gasteiger partial charge is 0.255 e. The minimum atomic E-state index is -0.564. The summed E-state index contributed by atoms with van der Waals surface area (Å²) in [6.07, 6.45) is 2.51. The Balaban J connectivity index is 0.00000288. The van der Waals surface area contributed by atoms with Crippen molar-refractivity contribution in [3.8, 4) is 11.5 Å². The Morgan fingerprint density at radius 1 is 1.46 bits per heavy atom. The molecule has 0 aliphatic carbocycles. The highest BCUT2D eigenvalue weighted by Gasteiger charge is 2.16. The molecule has 136 valence electrons. The third-order valence-corrected chi connectivity index (χ3v) is 3.73. The molecule has 1 unspecified atom stereocenters. The number of carbonyl (C=O) groups excluding carboxylic acids is 1. The van der Waals surface area contributed by atoms with Crippen LogP contribution in [0.1, 0.15) is 25.3 Å². The van der Waals surface area contributed by atoms with Crippen molar-refractivity contribution >= 4 is 17.5 Å². The molecule has 0 spiro atoms. The third-order valence-electron chi connectivity index (χ3n) is 3.45. The van der Waals surface area contributed by atoms with Gasteiger partial charge in [0.15, 0.2) is 18.1 Å². The molecule has 24 heavy (non-hydrogen) atoms. The zero-order valence-corrected chi connectivity index (χ0v) is 15.2. The summed E-state index contributed by atoms with van der Waals surface area (Å²) in [5.41, 5.74) is 6.07. The monoisotopic (exact) mass is 377 g/mol. The van der Waals surface area contributed by atoms with Crippen LogP contribution < -0.4 is 32.9 Å². The lowest BCUT2D eigenvalue weighted by atomic mass is 10.2. The van der Waals surface area contributed by atoms with Gasteiger partial charge in [-0.25, -0.2) is 0 Å². The minimum absolute atomic E-state index is 0. The lowest BCUT2D eigenvalue weighted by molar-refractivity contribution is -0.119. The third kappa shape index (κ3) is 6.36. The first-order valence-electron chi connectivity index (χ1n) is 7.78. The molecule has 0 bridgehead atoms. The number of nitrogens with one attached hydrogen (secondary N) is 1. The average molecular weight is 378 g/mol. The maximum absolute atomic E-state index is 10.9. The molecular formula is C16H23Cl2N2O4-. The maximum atomic E-state index is 10.9. The standard InChI is InChI=1S/C16H23ClN2O4.ClH/c1-2-21-14-7-11(8-19-9-12-4-3-5-22-12)6-13(17)16(14)23-10-15(18)20;/h6-7,12,19H,2-5,8-10H2,1H3,(H2,18,20);1H/p-1. The van der Waals surface area contributed by atoms with Crippen LogP contribution in [0.2, 0.25) is 5.02 Å². The molecule has 1 aromatic carbocycles. The minimum Gasteiger partial charge on any atom is -1.00 e. The molecule has 1 amide bonds. The molecule has 2 rings (SSSR count). The summed E-state index contributed by atoms with van der Waals surface area (Å²) in [6.45, 7) is 4.40. The van der Waals surface area contributed by atoms with Gasteiger partial charge in [-0.2, -0.15) is 0 Å². The van der Waals surface area contributed by atoms with Gasteiger partial charge in [-0.15, -0.1) is 0 Å².